The Labute approximate surface area is 192 Å². The van der Waals surface area contributed by atoms with Crippen LogP contribution in [0.3, 0.4) is 0 Å². The van der Waals surface area contributed by atoms with Gasteiger partial charge in [-0.15, -0.1) is 12.3 Å². The van der Waals surface area contributed by atoms with Gasteiger partial charge in [-0.05, 0) is 41.5 Å². The number of carbonyl (C=O) groups excluding carboxylic acids is 2. The number of nitrogens with one attached hydrogen (secondary N) is 1. The molecule has 2 amide bonds. The molecule has 0 saturated carbocycles. The minimum atomic E-state index is -1.05. The molecule has 2 aliphatic rings. The standard InChI is InChI=1S/C26H26N2O5/c1-2-9-22(24(29)28-15-8-7-14-23(28)25(30)31)27-26(32)33-16-21-19-12-5-3-10-17(19)18-11-4-6-13-20(18)21/h1,3-6,10-13,21-23H,7-9,14-16H2,(H,27,32)(H,30,31)/t22?,23-/m0/s1. The molecule has 0 spiro atoms. The van der Waals surface area contributed by atoms with Crippen molar-refractivity contribution in [2.45, 2.75) is 43.7 Å². The van der Waals surface area contributed by atoms with E-state index in [1.807, 2.05) is 48.5 Å². The average molecular weight is 447 g/mol. The number of fused-ring (bicyclic) bond motifs is 3. The highest BCUT2D eigenvalue weighted by atomic mass is 16.5. The van der Waals surface area contributed by atoms with E-state index in [-0.39, 0.29) is 18.9 Å². The van der Waals surface area contributed by atoms with Gasteiger partial charge in [0.15, 0.2) is 0 Å². The number of carbonyl (C=O) groups is 3. The predicted molar refractivity (Wildman–Crippen MR) is 122 cm³/mol. The number of hydrogen-bond acceptors (Lipinski definition) is 4. The monoisotopic (exact) mass is 446 g/mol. The molecule has 170 valence electrons. The van der Waals surface area contributed by atoms with E-state index in [4.69, 9.17) is 11.2 Å². The Bertz CT molecular complexity index is 1060. The number of hydrogen-bond donors (Lipinski definition) is 2. The number of terminal acetylenes is 1. The number of carboxylic acids is 1. The summed E-state index contributed by atoms with van der Waals surface area (Å²) in [7, 11) is 0. The molecule has 1 saturated heterocycles. The highest BCUT2D eigenvalue weighted by Crippen LogP contribution is 2.44. The summed E-state index contributed by atoms with van der Waals surface area (Å²) in [5.41, 5.74) is 4.40. The van der Waals surface area contributed by atoms with Gasteiger partial charge in [-0.1, -0.05) is 48.5 Å². The minimum absolute atomic E-state index is 0.0497. The fraction of sp³-hybridized carbons (Fsp3) is 0.346. The number of alkyl carbamates (subject to hydrolysis) is 1. The molecule has 1 unspecified atom stereocenters. The highest BCUT2D eigenvalue weighted by Gasteiger charge is 2.36. The van der Waals surface area contributed by atoms with Crippen molar-refractivity contribution in [1.82, 2.24) is 10.2 Å². The number of rotatable bonds is 6. The van der Waals surface area contributed by atoms with E-state index in [0.29, 0.717) is 19.4 Å². The third-order valence-electron chi connectivity index (χ3n) is 6.33. The van der Waals surface area contributed by atoms with Crippen LogP contribution in [0.4, 0.5) is 4.79 Å². The molecule has 1 heterocycles. The summed E-state index contributed by atoms with van der Waals surface area (Å²) >= 11 is 0. The van der Waals surface area contributed by atoms with Gasteiger partial charge in [-0.3, -0.25) is 4.79 Å². The molecule has 0 aromatic heterocycles. The number of nitrogens with zero attached hydrogens (tertiary/aromatic N) is 1. The van der Waals surface area contributed by atoms with Gasteiger partial charge in [0.2, 0.25) is 5.91 Å². The Kier molecular flexibility index (Phi) is 6.64. The second-order valence-corrected chi connectivity index (χ2v) is 8.31. The normalized spacial score (nSPS) is 17.9. The fourth-order valence-electron chi connectivity index (χ4n) is 4.75. The van der Waals surface area contributed by atoms with Gasteiger partial charge in [0.1, 0.15) is 18.7 Å². The molecule has 1 fully saturated rings. The van der Waals surface area contributed by atoms with Crippen LogP contribution in [0.1, 0.15) is 42.7 Å². The van der Waals surface area contributed by atoms with Crippen molar-refractivity contribution >= 4 is 18.0 Å². The summed E-state index contributed by atoms with van der Waals surface area (Å²) in [6.45, 7) is 0.432. The number of carboxylic acid groups (broad SMARTS) is 1. The lowest BCUT2D eigenvalue weighted by Crippen LogP contribution is -2.55. The van der Waals surface area contributed by atoms with Crippen molar-refractivity contribution in [3.05, 3.63) is 59.7 Å². The topological polar surface area (TPSA) is 95.9 Å². The van der Waals surface area contributed by atoms with Crippen molar-refractivity contribution < 1.29 is 24.2 Å². The molecule has 2 atom stereocenters. The lowest BCUT2D eigenvalue weighted by molar-refractivity contribution is -0.152. The molecule has 2 N–H and O–H groups in total. The molecule has 4 rings (SSSR count). The van der Waals surface area contributed by atoms with Crippen LogP contribution in [0.5, 0.6) is 0 Å². The van der Waals surface area contributed by atoms with Crippen molar-refractivity contribution in [3.63, 3.8) is 0 Å². The first-order chi connectivity index (χ1) is 16.0. The summed E-state index contributed by atoms with van der Waals surface area (Å²) in [5, 5.41) is 12.0. The number of piperidine rings is 1. The zero-order valence-electron chi connectivity index (χ0n) is 18.2. The third kappa shape index (κ3) is 4.56. The Morgan fingerprint density at radius 1 is 1.09 bits per heavy atom. The second kappa shape index (κ2) is 9.78. The quantitative estimate of drug-likeness (QED) is 0.664. The smallest absolute Gasteiger partial charge is 0.407 e. The van der Waals surface area contributed by atoms with Crippen molar-refractivity contribution in [1.29, 1.82) is 0 Å². The van der Waals surface area contributed by atoms with Gasteiger partial charge in [0.25, 0.3) is 0 Å². The molecule has 7 heteroatoms. The van der Waals surface area contributed by atoms with Crippen LogP contribution < -0.4 is 5.32 Å². The van der Waals surface area contributed by atoms with Gasteiger partial charge in [-0.2, -0.15) is 0 Å². The number of amides is 2. The summed E-state index contributed by atoms with van der Waals surface area (Å²) < 4.78 is 5.52. The summed E-state index contributed by atoms with van der Waals surface area (Å²) in [6, 6.07) is 14.1. The van der Waals surface area contributed by atoms with Crippen LogP contribution in [-0.2, 0) is 14.3 Å². The fourth-order valence-corrected chi connectivity index (χ4v) is 4.75. The molecule has 1 aliphatic heterocycles. The van der Waals surface area contributed by atoms with Crippen molar-refractivity contribution in [3.8, 4) is 23.5 Å². The largest absolute Gasteiger partial charge is 0.480 e. The molecule has 2 aromatic rings. The van der Waals surface area contributed by atoms with Gasteiger partial charge in [0.05, 0.1) is 0 Å². The maximum Gasteiger partial charge on any atom is 0.407 e. The molecular weight excluding hydrogens is 420 g/mol. The average Bonchev–Trinajstić information content (AvgIpc) is 3.15. The van der Waals surface area contributed by atoms with Crippen LogP contribution in [0.25, 0.3) is 11.1 Å². The first-order valence-corrected chi connectivity index (χ1v) is 11.1. The highest BCUT2D eigenvalue weighted by molar-refractivity contribution is 5.89. The number of ether oxygens (including phenoxy) is 1. The zero-order chi connectivity index (χ0) is 23.4. The van der Waals surface area contributed by atoms with Gasteiger partial charge in [-0.25, -0.2) is 9.59 Å². The van der Waals surface area contributed by atoms with E-state index >= 15 is 0 Å². The van der Waals surface area contributed by atoms with Crippen LogP contribution in [0.15, 0.2) is 48.5 Å². The van der Waals surface area contributed by atoms with E-state index < -0.39 is 30.1 Å². The van der Waals surface area contributed by atoms with Gasteiger partial charge < -0.3 is 20.1 Å². The zero-order valence-corrected chi connectivity index (χ0v) is 18.2. The summed E-state index contributed by atoms with van der Waals surface area (Å²) in [4.78, 5) is 38.5. The van der Waals surface area contributed by atoms with Crippen molar-refractivity contribution in [2.24, 2.45) is 0 Å². The van der Waals surface area contributed by atoms with E-state index in [2.05, 4.69) is 11.2 Å². The molecule has 2 aromatic carbocycles. The van der Waals surface area contributed by atoms with E-state index in [9.17, 15) is 19.5 Å². The minimum Gasteiger partial charge on any atom is -0.480 e. The maximum atomic E-state index is 13.0. The molecule has 33 heavy (non-hydrogen) atoms. The van der Waals surface area contributed by atoms with E-state index in [1.54, 1.807) is 0 Å². The maximum absolute atomic E-state index is 13.0. The Morgan fingerprint density at radius 2 is 1.73 bits per heavy atom. The van der Waals surface area contributed by atoms with Crippen LogP contribution in [0, 0.1) is 12.3 Å². The predicted octanol–water partition coefficient (Wildman–Crippen LogP) is 3.38. The first kappa shape index (κ1) is 22.4. The van der Waals surface area contributed by atoms with Gasteiger partial charge in [0, 0.05) is 18.9 Å². The first-order valence-electron chi connectivity index (χ1n) is 11.1. The Morgan fingerprint density at radius 3 is 2.33 bits per heavy atom. The molecule has 7 nitrogen and oxygen atoms in total. The number of likely N-dealkylation sites (tertiary alicyclic amines) is 1. The SMILES string of the molecule is C#CCC(NC(=O)OCC1c2ccccc2-c2ccccc21)C(=O)N1CCCC[C@H]1C(=O)O. The second-order valence-electron chi connectivity index (χ2n) is 8.31. The lowest BCUT2D eigenvalue weighted by Gasteiger charge is -2.35. The molecule has 1 aliphatic carbocycles. The van der Waals surface area contributed by atoms with E-state index in [1.165, 1.54) is 4.90 Å². The number of benzene rings is 2. The van der Waals surface area contributed by atoms with Gasteiger partial charge >= 0.3 is 12.1 Å². The molecule has 0 radical (unpaired) electrons. The lowest BCUT2D eigenvalue weighted by atomic mass is 9.98. The number of aliphatic carboxylic acids is 1. The Hall–Kier alpha value is -3.79. The third-order valence-corrected chi connectivity index (χ3v) is 6.33. The van der Waals surface area contributed by atoms with E-state index in [0.717, 1.165) is 28.7 Å². The summed E-state index contributed by atoms with van der Waals surface area (Å²) in [5.74, 6) is 0.743. The van der Waals surface area contributed by atoms with Crippen LogP contribution in [0.2, 0.25) is 0 Å². The molecular formula is C26H26N2O5. The Balaban J connectivity index is 1.43. The van der Waals surface area contributed by atoms with Crippen LogP contribution in [-0.4, -0.2) is 53.2 Å². The molecule has 0 bridgehead atoms. The van der Waals surface area contributed by atoms with Crippen LogP contribution >= 0.6 is 0 Å². The summed E-state index contributed by atoms with van der Waals surface area (Å²) in [6.07, 6.45) is 6.44. The van der Waals surface area contributed by atoms with Crippen molar-refractivity contribution in [2.75, 3.05) is 13.2 Å².